The number of nitrogens with two attached hydrogens (primary N) is 4. The van der Waals surface area contributed by atoms with Gasteiger partial charge in [0.05, 0.1) is 27.9 Å². The molecule has 16 N–H and O–H groups in total. The summed E-state index contributed by atoms with van der Waals surface area (Å²) in [5, 5.41) is 15.4. The molecule has 7 heterocycles. The lowest BCUT2D eigenvalue weighted by Gasteiger charge is -2.09. The summed E-state index contributed by atoms with van der Waals surface area (Å²) in [4.78, 5) is 111. The molecule has 0 aliphatic carbocycles. The topological polar surface area (TPSA) is 454 Å². The summed E-state index contributed by atoms with van der Waals surface area (Å²) in [6, 6.07) is 50.5. The van der Waals surface area contributed by atoms with Crippen LogP contribution in [0.4, 0.5) is 17.8 Å². The van der Waals surface area contributed by atoms with E-state index in [2.05, 4.69) is 125 Å². The monoisotopic (exact) mass is 1600 g/mol. The van der Waals surface area contributed by atoms with Crippen molar-refractivity contribution in [1.82, 2.24) is 91.4 Å². The molecule has 13 aromatic rings. The van der Waals surface area contributed by atoms with E-state index in [4.69, 9.17) is 41.4 Å². The van der Waals surface area contributed by atoms with E-state index >= 15 is 0 Å². The van der Waals surface area contributed by atoms with Gasteiger partial charge in [-0.2, -0.15) is 42.5 Å². The second kappa shape index (κ2) is 42.1. The second-order valence-electron chi connectivity index (χ2n) is 23.6. The number of amides is 5. The highest BCUT2D eigenvalue weighted by Gasteiger charge is 2.16. The lowest BCUT2D eigenvalue weighted by atomic mass is 10.1. The molecular formula is C74H81N22O8P2S4+. The van der Waals surface area contributed by atoms with Crippen LogP contribution in [0.5, 0.6) is 17.6 Å². The predicted octanol–water partition coefficient (Wildman–Crippen LogP) is 9.98. The van der Waals surface area contributed by atoms with Gasteiger partial charge in [0.2, 0.25) is 47.3 Å². The molecular weight excluding hydrogens is 1520 g/mol. The van der Waals surface area contributed by atoms with Gasteiger partial charge in [0.1, 0.15) is 41.4 Å². The largest absolute Gasteiger partial charge is 0.471 e. The fourth-order valence-corrected chi connectivity index (χ4v) is 12.1. The minimum Gasteiger partial charge on any atom is -0.471 e. The van der Waals surface area contributed by atoms with Crippen molar-refractivity contribution in [3.63, 3.8) is 0 Å². The standard InChI is InChI=1S/C29H28N8O3S2.C24H25N7O3S.C21H21N7O2.H2P2S.2H2/c30-29-36-26-25(34-18-35-26)28(37-29)40-17-21-6-4-19(5-7-21)16-33-27(39)22-10-8-20(9-11-22)15-32-23(38)12-14-41-42-24-3-1-2-13-31-24;25-24-30-21-20(28-14-29-21)23(31-24)34-13-17-3-1-15(2-4-17)12-27-22(33)18-7-5-16(6-8-18)11-26-19(32)9-10-35;22-9-13-5-7-16(8-6-13)19(29)24-10-14-1-3-15(4-2-14)11-30-20-17-18(26-12-25-17)27-21(23)28-20;1-2-3;;/h1-11,13,18H,12,14-17H2,(H,32,38)(H,33,39)(H3,30,34,35,36,37);1-8,14,35H,9-13H2,(H,26,32)(H,27,33)(H3,25,28,29,30,31);1-8,12H,9-11,22H2,(H,24,29)(H3,23,25,26,27,28);1H2;2*1H/p+1/i;;;;1+2D;1+2/hD. The van der Waals surface area contributed by atoms with Crippen molar-refractivity contribution in [2.45, 2.75) is 77.0 Å². The first-order valence-electron chi connectivity index (χ1n) is 35.2. The molecule has 6 aromatic carbocycles. The maximum atomic E-state index is 12.6. The Bertz CT molecular complexity index is 5250. The number of benzene rings is 6. The van der Waals surface area contributed by atoms with Crippen LogP contribution < -0.4 is 63.7 Å². The number of hydrogen-bond acceptors (Lipinski definition) is 26. The van der Waals surface area contributed by atoms with Crippen LogP contribution in [-0.2, 0) is 80.5 Å². The van der Waals surface area contributed by atoms with Crippen LogP contribution in [-0.4, -0.2) is 107 Å². The summed E-state index contributed by atoms with van der Waals surface area (Å²) in [7, 11) is 5.36. The van der Waals surface area contributed by atoms with E-state index < -0.39 is 6.99 Å². The van der Waals surface area contributed by atoms with Gasteiger partial charge in [0.25, 0.3) is 17.7 Å². The SMILES string of the molecule is NCc1ccc(C(=O)NCc2ccc(COc3nc(N)nc4nc[nH]c34)cc2)cc1.Nc1nc(OCc2ccc(CNC(=O)c3ccc(CNC(=O)CCS)cc3)cc2)c2[nH]cnc2n1.Nc1nc(OCc2ccc(CNC(=O)c3ccc(CNC(=O)CCSSc4ccccn4)cc3)cc2)c2[nH]cnc2n1.[2H][3H].[2H][P+](P)=S.[3HH]. The van der Waals surface area contributed by atoms with Crippen molar-refractivity contribution >= 4 is 143 Å². The molecule has 0 aliphatic rings. The van der Waals surface area contributed by atoms with Gasteiger partial charge in [-0.05, 0) is 115 Å². The average Bonchev–Trinajstić information content (AvgIpc) is 1.68. The first kappa shape index (κ1) is 77.8. The molecule has 7 aromatic heterocycles. The number of thiol groups is 1. The zero-order valence-corrected chi connectivity index (χ0v) is 64.2. The Labute approximate surface area is 658 Å². The number of fused-ring (bicyclic) bond motifs is 3. The zero-order valence-electron chi connectivity index (χ0n) is 61.8. The highest BCUT2D eigenvalue weighted by atomic mass is 33.1. The summed E-state index contributed by atoms with van der Waals surface area (Å²) in [5.74, 6) is 1.98. The van der Waals surface area contributed by atoms with Gasteiger partial charge < -0.3 is 78.7 Å². The van der Waals surface area contributed by atoms with E-state index in [1.165, 1.54) is 19.0 Å². The molecule has 0 saturated heterocycles. The van der Waals surface area contributed by atoms with Crippen LogP contribution in [0, 0.1) is 0 Å². The van der Waals surface area contributed by atoms with Gasteiger partial charge >= 0.3 is 1.28 Å². The Kier molecular flexibility index (Phi) is 29.8. The number of nitrogens with one attached hydrogen (secondary N) is 8. The molecule has 0 aliphatic heterocycles. The van der Waals surface area contributed by atoms with Gasteiger partial charge in [-0.25, -0.2) is 19.9 Å². The Morgan fingerprint density at radius 2 is 0.800 bits per heavy atom. The summed E-state index contributed by atoms with van der Waals surface area (Å²) in [6.45, 7) is 2.49. The Morgan fingerprint density at radius 1 is 0.482 bits per heavy atom. The molecule has 2 atom stereocenters. The van der Waals surface area contributed by atoms with Crippen LogP contribution in [0.15, 0.2) is 194 Å². The maximum absolute atomic E-state index is 12.6. The van der Waals surface area contributed by atoms with Crippen molar-refractivity contribution in [1.29, 1.82) is 1.28 Å². The molecule has 0 spiro atoms. The molecule has 568 valence electrons. The second-order valence-corrected chi connectivity index (χ2v) is 29.2. The van der Waals surface area contributed by atoms with Crippen LogP contribution in [0.25, 0.3) is 33.5 Å². The van der Waals surface area contributed by atoms with Crippen molar-refractivity contribution in [3.05, 3.63) is 256 Å². The molecule has 5 amide bonds. The highest BCUT2D eigenvalue weighted by Crippen LogP contribution is 2.30. The number of carbonyl (C=O) groups is 5. The third-order valence-corrected chi connectivity index (χ3v) is 18.3. The number of aromatic nitrogens is 13. The summed E-state index contributed by atoms with van der Waals surface area (Å²) in [5.41, 5.74) is 36.1. The quantitative estimate of drug-likeness (QED) is 0.00861. The van der Waals surface area contributed by atoms with Crippen LogP contribution in [0.1, 0.15) is 98.4 Å². The summed E-state index contributed by atoms with van der Waals surface area (Å²) >= 11 is 8.36. The molecule has 0 radical (unpaired) electrons. The molecule has 30 nitrogen and oxygen atoms in total. The number of hydrogen-bond donors (Lipinski definition) is 13. The number of imidazole rings is 3. The van der Waals surface area contributed by atoms with Crippen molar-refractivity contribution in [2.24, 2.45) is 5.73 Å². The number of carbonyl (C=O) groups excluding carboxylic acids is 5. The Hall–Kier alpha value is -11.8. The fourth-order valence-electron chi connectivity index (χ4n) is 10.0. The van der Waals surface area contributed by atoms with E-state index in [0.29, 0.717) is 145 Å². The molecule has 2 unspecified atom stereocenters. The Balaban J connectivity index is 0.000000208. The minimum atomic E-state index is -0.870. The summed E-state index contributed by atoms with van der Waals surface area (Å²) < 4.78 is 33.8. The number of anilines is 3. The smallest absolute Gasteiger partial charge is 0.355 e. The third-order valence-electron chi connectivity index (χ3n) is 15.8. The maximum Gasteiger partial charge on any atom is 0.355 e. The van der Waals surface area contributed by atoms with E-state index in [1.54, 1.807) is 64.2 Å². The van der Waals surface area contributed by atoms with E-state index in [0.717, 1.165) is 55.1 Å². The minimum absolute atomic E-state index is 0. The molecule has 110 heavy (non-hydrogen) atoms. The summed E-state index contributed by atoms with van der Waals surface area (Å²) in [6.07, 6.45) is 7.09. The van der Waals surface area contributed by atoms with Crippen LogP contribution >= 0.6 is 50.1 Å². The van der Waals surface area contributed by atoms with Gasteiger partial charge in [-0.1, -0.05) is 126 Å². The molecule has 36 heteroatoms. The number of nitrogen functional groups attached to an aromatic ring is 3. The van der Waals surface area contributed by atoms with Crippen molar-refractivity contribution in [2.75, 3.05) is 28.7 Å². The first-order valence-corrected chi connectivity index (χ1v) is 40.3. The number of ether oxygens (including phenoxy) is 3. The number of pyridine rings is 1. The lowest BCUT2D eigenvalue weighted by Crippen LogP contribution is -2.24. The fraction of sp³-hybridized carbons (Fsp3) is 0.176. The number of aromatic amines is 3. The van der Waals surface area contributed by atoms with Crippen LogP contribution in [0.3, 0.4) is 0 Å². The van der Waals surface area contributed by atoms with E-state index in [-0.39, 0.29) is 55.4 Å². The normalized spacial score (nSPS) is 11.0. The molecule has 13 rings (SSSR count). The third kappa shape index (κ3) is 25.2. The van der Waals surface area contributed by atoms with Crippen LogP contribution in [0.2, 0.25) is 0 Å². The highest BCUT2D eigenvalue weighted by molar-refractivity contribution is 8.76. The number of nitrogens with zero attached hydrogens (tertiary/aromatic N) is 10. The average molecular weight is 1600 g/mol. The van der Waals surface area contributed by atoms with Gasteiger partial charge in [0.15, 0.2) is 35.7 Å². The zero-order chi connectivity index (χ0) is 80.3. The first-order chi connectivity index (χ1) is 54.9. The molecule has 0 fully saturated rings. The number of rotatable bonds is 30. The lowest BCUT2D eigenvalue weighted by molar-refractivity contribution is -0.121. The number of H-pyrrole nitrogens is 3. The molecule has 0 saturated carbocycles. The van der Waals surface area contributed by atoms with E-state index in [9.17, 15) is 24.0 Å². The van der Waals surface area contributed by atoms with Gasteiger partial charge in [-0.15, -0.1) is 0 Å². The van der Waals surface area contributed by atoms with E-state index in [1.807, 2.05) is 127 Å². The van der Waals surface area contributed by atoms with Gasteiger partial charge in [-0.3, -0.25) is 24.0 Å². The molecule has 0 bridgehead atoms. The van der Waals surface area contributed by atoms with Crippen molar-refractivity contribution in [3.8, 4) is 17.6 Å². The Morgan fingerprint density at radius 3 is 1.13 bits per heavy atom. The predicted molar refractivity (Wildman–Crippen MR) is 440 cm³/mol. The van der Waals surface area contributed by atoms with Gasteiger partial charge in [0, 0.05) is 85.1 Å². The van der Waals surface area contributed by atoms with Crippen molar-refractivity contribution < 1.29 is 42.6 Å².